The summed E-state index contributed by atoms with van der Waals surface area (Å²) in [6.07, 6.45) is 0. The highest BCUT2D eigenvalue weighted by atomic mass is 32.2. The minimum atomic E-state index is -4.35. The van der Waals surface area contributed by atoms with E-state index >= 15 is 0 Å². The fourth-order valence-corrected chi connectivity index (χ4v) is 3.80. The van der Waals surface area contributed by atoms with E-state index in [2.05, 4.69) is 0 Å². The quantitative estimate of drug-likeness (QED) is 0.856. The van der Waals surface area contributed by atoms with E-state index in [1.54, 1.807) is 12.1 Å². The van der Waals surface area contributed by atoms with Gasteiger partial charge in [0.1, 0.15) is 0 Å². The number of hydrogen-bond donors (Lipinski definition) is 1. The minimum absolute atomic E-state index is 0.0339. The van der Waals surface area contributed by atoms with E-state index in [1.165, 1.54) is 12.1 Å². The van der Waals surface area contributed by atoms with Crippen LogP contribution in [0.4, 0.5) is 0 Å². The fourth-order valence-electron chi connectivity index (χ4n) is 2.06. The van der Waals surface area contributed by atoms with Crippen LogP contribution >= 0.6 is 0 Å². The van der Waals surface area contributed by atoms with Crippen LogP contribution in [0.1, 0.15) is 26.3 Å². The summed E-state index contributed by atoms with van der Waals surface area (Å²) in [6.45, 7) is 6.10. The maximum atomic E-state index is 12.5. The first kappa shape index (κ1) is 17.7. The molecule has 0 bridgehead atoms. The maximum Gasteiger partial charge on any atom is 0.294 e. The van der Waals surface area contributed by atoms with E-state index in [4.69, 9.17) is 4.55 Å². The summed E-state index contributed by atoms with van der Waals surface area (Å²) in [7, 11) is -8.09. The molecule has 124 valence electrons. The summed E-state index contributed by atoms with van der Waals surface area (Å²) in [5.41, 5.74) is 0.928. The molecular weight excluding hydrogens is 336 g/mol. The number of benzene rings is 2. The molecule has 0 unspecified atom stereocenters. The van der Waals surface area contributed by atoms with Crippen LogP contribution in [0.3, 0.4) is 0 Å². The highest BCUT2D eigenvalue weighted by Gasteiger charge is 2.20. The van der Waals surface area contributed by atoms with Crippen molar-refractivity contribution < 1.29 is 21.4 Å². The topological polar surface area (TPSA) is 88.5 Å². The molecule has 2 aromatic carbocycles. The van der Waals surface area contributed by atoms with Gasteiger partial charge in [-0.3, -0.25) is 4.55 Å². The monoisotopic (exact) mass is 354 g/mol. The Bertz CT molecular complexity index is 902. The van der Waals surface area contributed by atoms with Gasteiger partial charge in [0, 0.05) is 0 Å². The van der Waals surface area contributed by atoms with Crippen LogP contribution in [0.2, 0.25) is 0 Å². The number of rotatable bonds is 3. The van der Waals surface area contributed by atoms with Crippen molar-refractivity contribution in [3.05, 3.63) is 54.1 Å². The Kier molecular flexibility index (Phi) is 4.40. The first-order chi connectivity index (χ1) is 10.4. The molecule has 1 N–H and O–H groups in total. The Morgan fingerprint density at radius 1 is 0.696 bits per heavy atom. The van der Waals surface area contributed by atoms with E-state index in [9.17, 15) is 16.8 Å². The molecule has 5 nitrogen and oxygen atoms in total. The molecule has 0 fully saturated rings. The molecule has 0 saturated heterocycles. The molecule has 0 spiro atoms. The van der Waals surface area contributed by atoms with Gasteiger partial charge in [-0.2, -0.15) is 8.42 Å². The van der Waals surface area contributed by atoms with Crippen molar-refractivity contribution in [3.63, 3.8) is 0 Å². The Labute approximate surface area is 136 Å². The molecule has 0 atom stereocenters. The third-order valence-electron chi connectivity index (χ3n) is 3.46. The van der Waals surface area contributed by atoms with E-state index in [0.717, 1.165) is 29.8 Å². The SMILES string of the molecule is CC(C)(C)c1ccc(S(=O)(=O)c2ccc(S(=O)(=O)O)cc2)cc1. The normalized spacial score (nSPS) is 13.0. The van der Waals surface area contributed by atoms with Gasteiger partial charge < -0.3 is 0 Å². The number of sulfone groups is 1. The van der Waals surface area contributed by atoms with Crippen molar-refractivity contribution in [1.29, 1.82) is 0 Å². The molecule has 23 heavy (non-hydrogen) atoms. The van der Waals surface area contributed by atoms with E-state index in [-0.39, 0.29) is 20.1 Å². The summed E-state index contributed by atoms with van der Waals surface area (Å²) >= 11 is 0. The molecule has 2 rings (SSSR count). The van der Waals surface area contributed by atoms with Crippen molar-refractivity contribution in [2.75, 3.05) is 0 Å². The molecule has 0 saturated carbocycles. The largest absolute Gasteiger partial charge is 0.294 e. The molecule has 7 heteroatoms. The predicted molar refractivity (Wildman–Crippen MR) is 86.9 cm³/mol. The third kappa shape index (κ3) is 3.80. The van der Waals surface area contributed by atoms with Gasteiger partial charge in [-0.15, -0.1) is 0 Å². The lowest BCUT2D eigenvalue weighted by Crippen LogP contribution is -2.11. The zero-order chi connectivity index (χ0) is 17.5. The van der Waals surface area contributed by atoms with Crippen LogP contribution in [0.15, 0.2) is 63.2 Å². The Morgan fingerprint density at radius 3 is 1.39 bits per heavy atom. The highest BCUT2D eigenvalue weighted by molar-refractivity contribution is 7.91. The van der Waals surface area contributed by atoms with Gasteiger partial charge in [0.05, 0.1) is 14.7 Å². The van der Waals surface area contributed by atoms with Gasteiger partial charge in [-0.25, -0.2) is 8.42 Å². The molecule has 0 radical (unpaired) electrons. The molecule has 0 aliphatic rings. The van der Waals surface area contributed by atoms with Crippen LogP contribution < -0.4 is 0 Å². The summed E-state index contributed by atoms with van der Waals surface area (Å²) in [4.78, 5) is -0.252. The smallest absolute Gasteiger partial charge is 0.282 e. The van der Waals surface area contributed by atoms with Gasteiger partial charge in [0.15, 0.2) is 0 Å². The lowest BCUT2D eigenvalue weighted by molar-refractivity contribution is 0.483. The second-order valence-electron chi connectivity index (χ2n) is 6.22. The summed E-state index contributed by atoms with van der Waals surface area (Å²) < 4.78 is 56.0. The number of hydrogen-bond acceptors (Lipinski definition) is 4. The third-order valence-corrected chi connectivity index (χ3v) is 6.12. The molecule has 0 aromatic heterocycles. The van der Waals surface area contributed by atoms with Crippen molar-refractivity contribution >= 4 is 20.0 Å². The standard InChI is InChI=1S/C16H18O5S2/c1-16(2,3)12-4-6-13(7-5-12)22(17,18)14-8-10-15(11-9-14)23(19,20)21/h4-11H,1-3H3,(H,19,20,21). The van der Waals surface area contributed by atoms with Crippen molar-refractivity contribution in [2.24, 2.45) is 0 Å². The molecular formula is C16H18O5S2. The lowest BCUT2D eigenvalue weighted by atomic mass is 9.87. The van der Waals surface area contributed by atoms with E-state index < -0.39 is 20.0 Å². The lowest BCUT2D eigenvalue weighted by Gasteiger charge is -2.19. The van der Waals surface area contributed by atoms with Crippen molar-refractivity contribution in [3.8, 4) is 0 Å². The first-order valence-corrected chi connectivity index (χ1v) is 9.78. The van der Waals surface area contributed by atoms with Crippen LogP contribution in [-0.2, 0) is 25.4 Å². The molecule has 0 aliphatic carbocycles. The predicted octanol–water partition coefficient (Wildman–Crippen LogP) is 3.06. The Morgan fingerprint density at radius 2 is 1.04 bits per heavy atom. The zero-order valence-corrected chi connectivity index (χ0v) is 14.6. The zero-order valence-electron chi connectivity index (χ0n) is 13.0. The molecule has 0 aliphatic heterocycles. The van der Waals surface area contributed by atoms with Gasteiger partial charge >= 0.3 is 0 Å². The molecule has 0 amide bonds. The van der Waals surface area contributed by atoms with Crippen LogP contribution in [0.5, 0.6) is 0 Å². The van der Waals surface area contributed by atoms with Crippen molar-refractivity contribution in [1.82, 2.24) is 0 Å². The Hall–Kier alpha value is -1.70. The van der Waals surface area contributed by atoms with Gasteiger partial charge in [-0.05, 0) is 47.4 Å². The van der Waals surface area contributed by atoms with Crippen LogP contribution in [-0.4, -0.2) is 21.4 Å². The van der Waals surface area contributed by atoms with Gasteiger partial charge in [-0.1, -0.05) is 32.9 Å². The van der Waals surface area contributed by atoms with Crippen molar-refractivity contribution in [2.45, 2.75) is 40.9 Å². The molecule has 0 heterocycles. The average Bonchev–Trinajstić information content (AvgIpc) is 2.46. The highest BCUT2D eigenvalue weighted by Crippen LogP contribution is 2.26. The second kappa shape index (κ2) is 5.74. The van der Waals surface area contributed by atoms with Gasteiger partial charge in [0.2, 0.25) is 9.84 Å². The maximum absolute atomic E-state index is 12.5. The van der Waals surface area contributed by atoms with Gasteiger partial charge in [0.25, 0.3) is 10.1 Å². The average molecular weight is 354 g/mol. The van der Waals surface area contributed by atoms with E-state index in [1.807, 2.05) is 20.8 Å². The molecule has 2 aromatic rings. The first-order valence-electron chi connectivity index (χ1n) is 6.85. The fraction of sp³-hybridized carbons (Fsp3) is 0.250. The second-order valence-corrected chi connectivity index (χ2v) is 9.60. The van der Waals surface area contributed by atoms with E-state index in [0.29, 0.717) is 0 Å². The van der Waals surface area contributed by atoms with Crippen LogP contribution in [0, 0.1) is 0 Å². The Balaban J connectivity index is 2.42. The minimum Gasteiger partial charge on any atom is -0.282 e. The summed E-state index contributed by atoms with van der Waals surface area (Å²) in [5, 5.41) is 0. The summed E-state index contributed by atoms with van der Waals surface area (Å²) in [5.74, 6) is 0. The van der Waals surface area contributed by atoms with Crippen LogP contribution in [0.25, 0.3) is 0 Å². The summed E-state index contributed by atoms with van der Waals surface area (Å²) in [6, 6.07) is 11.0.